The van der Waals surface area contributed by atoms with E-state index in [9.17, 15) is 13.2 Å². The molecule has 0 saturated carbocycles. The van der Waals surface area contributed by atoms with Crippen LogP contribution in [0.1, 0.15) is 23.4 Å². The molecule has 2 aromatic rings. The van der Waals surface area contributed by atoms with Crippen LogP contribution in [0, 0.1) is 13.8 Å². The highest BCUT2D eigenvalue weighted by Crippen LogP contribution is 2.21. The zero-order chi connectivity index (χ0) is 22.9. The molecule has 0 radical (unpaired) electrons. The second-order valence-corrected chi connectivity index (χ2v) is 11.3. The fraction of sp³-hybridized carbons (Fsp3) is 0.565. The molecule has 1 atom stereocenters. The molecule has 1 amide bonds. The van der Waals surface area contributed by atoms with E-state index in [4.69, 9.17) is 5.10 Å². The van der Waals surface area contributed by atoms with E-state index >= 15 is 0 Å². The highest BCUT2D eigenvalue weighted by Gasteiger charge is 2.34. The van der Waals surface area contributed by atoms with Crippen molar-refractivity contribution in [2.24, 2.45) is 0 Å². The van der Waals surface area contributed by atoms with Crippen LogP contribution in [0.2, 0.25) is 0 Å². The molecule has 8 nitrogen and oxygen atoms in total. The molecule has 4 rings (SSSR count). The number of aryl methyl sites for hydroxylation is 1. The lowest BCUT2D eigenvalue weighted by Gasteiger charge is -2.38. The minimum atomic E-state index is -2.88. The molecule has 1 aromatic heterocycles. The van der Waals surface area contributed by atoms with Crippen LogP contribution >= 0.6 is 0 Å². The summed E-state index contributed by atoms with van der Waals surface area (Å²) in [4.78, 5) is 19.1. The molecule has 174 valence electrons. The van der Waals surface area contributed by atoms with Gasteiger partial charge >= 0.3 is 0 Å². The number of carbonyl (C=O) groups is 1. The van der Waals surface area contributed by atoms with Crippen molar-refractivity contribution in [2.75, 3.05) is 51.3 Å². The van der Waals surface area contributed by atoms with Crippen LogP contribution in [0.4, 0.5) is 0 Å². The molecule has 2 aliphatic rings. The van der Waals surface area contributed by atoms with Crippen molar-refractivity contribution in [3.8, 4) is 5.69 Å². The third-order valence-corrected chi connectivity index (χ3v) is 8.42. The maximum Gasteiger partial charge on any atom is 0.236 e. The normalized spacial score (nSPS) is 21.4. The highest BCUT2D eigenvalue weighted by atomic mass is 32.2. The summed E-state index contributed by atoms with van der Waals surface area (Å²) >= 11 is 0. The Morgan fingerprint density at radius 2 is 1.81 bits per heavy atom. The van der Waals surface area contributed by atoms with Crippen molar-refractivity contribution in [1.29, 1.82) is 0 Å². The second kappa shape index (κ2) is 9.33. The second-order valence-electron chi connectivity index (χ2n) is 9.04. The Balaban J connectivity index is 1.31. The maximum absolute atomic E-state index is 12.9. The van der Waals surface area contributed by atoms with E-state index in [1.807, 2.05) is 58.8 Å². The van der Waals surface area contributed by atoms with Crippen molar-refractivity contribution >= 4 is 15.7 Å². The van der Waals surface area contributed by atoms with E-state index in [2.05, 4.69) is 11.8 Å². The summed E-state index contributed by atoms with van der Waals surface area (Å²) in [6.45, 7) is 7.92. The van der Waals surface area contributed by atoms with E-state index in [-0.39, 0.29) is 17.7 Å². The number of aromatic nitrogens is 2. The minimum absolute atomic E-state index is 0.118. The number of piperazine rings is 1. The average Bonchev–Trinajstić information content (AvgIpc) is 3.28. The van der Waals surface area contributed by atoms with Crippen LogP contribution in [-0.4, -0.2) is 96.1 Å². The molecule has 1 aromatic carbocycles. The number of para-hydroxylation sites is 1. The molecule has 2 aliphatic heterocycles. The van der Waals surface area contributed by atoms with Gasteiger partial charge in [0.05, 0.1) is 29.4 Å². The third kappa shape index (κ3) is 5.05. The van der Waals surface area contributed by atoms with Crippen LogP contribution < -0.4 is 0 Å². The number of nitrogens with zero attached hydrogens (tertiary/aromatic N) is 5. The Morgan fingerprint density at radius 3 is 2.44 bits per heavy atom. The number of hydrogen-bond acceptors (Lipinski definition) is 6. The smallest absolute Gasteiger partial charge is 0.236 e. The molecule has 0 N–H and O–H groups in total. The Kier molecular flexibility index (Phi) is 6.69. The monoisotopic (exact) mass is 459 g/mol. The Hall–Kier alpha value is -2.23. The van der Waals surface area contributed by atoms with E-state index in [1.165, 1.54) is 0 Å². The van der Waals surface area contributed by atoms with Crippen LogP contribution in [0.3, 0.4) is 0 Å². The number of carbonyl (C=O) groups excluding carboxylic acids is 1. The molecule has 0 spiro atoms. The fourth-order valence-corrected chi connectivity index (χ4v) is 6.54. The van der Waals surface area contributed by atoms with Gasteiger partial charge in [-0.05, 0) is 39.4 Å². The summed E-state index contributed by atoms with van der Waals surface area (Å²) in [5, 5.41) is 4.71. The third-order valence-electron chi connectivity index (χ3n) is 6.67. The van der Waals surface area contributed by atoms with E-state index in [1.54, 1.807) is 0 Å². The summed E-state index contributed by atoms with van der Waals surface area (Å²) in [6.07, 6.45) is 0.717. The Bertz CT molecular complexity index is 1060. The van der Waals surface area contributed by atoms with Gasteiger partial charge in [0.15, 0.2) is 9.84 Å². The summed E-state index contributed by atoms with van der Waals surface area (Å²) < 4.78 is 25.5. The zero-order valence-electron chi connectivity index (χ0n) is 19.2. The van der Waals surface area contributed by atoms with Crippen LogP contribution in [0.25, 0.3) is 5.69 Å². The van der Waals surface area contributed by atoms with Crippen LogP contribution in [-0.2, 0) is 21.2 Å². The molecule has 0 bridgehead atoms. The molecular formula is C23H33N5O3S. The number of sulfone groups is 1. The number of rotatable bonds is 6. The van der Waals surface area contributed by atoms with E-state index in [0.29, 0.717) is 38.4 Å². The first-order valence-corrected chi connectivity index (χ1v) is 13.1. The molecule has 2 saturated heterocycles. The standard InChI is InChI=1S/C23H33N5O3S/c1-18-22(19(2)28(24-18)20-7-5-4-6-8-20)15-25(3)16-23(29)27-12-10-26(11-13-27)21-9-14-32(30,31)17-21/h4-8,21H,9-17H2,1-3H3. The van der Waals surface area contributed by atoms with Crippen molar-refractivity contribution in [3.63, 3.8) is 0 Å². The van der Waals surface area contributed by atoms with Gasteiger partial charge in [-0.2, -0.15) is 5.10 Å². The van der Waals surface area contributed by atoms with Crippen molar-refractivity contribution in [2.45, 2.75) is 32.9 Å². The predicted octanol–water partition coefficient (Wildman–Crippen LogP) is 1.25. The molecule has 1 unspecified atom stereocenters. The zero-order valence-corrected chi connectivity index (χ0v) is 20.0. The van der Waals surface area contributed by atoms with Gasteiger partial charge in [0.1, 0.15) is 0 Å². The largest absolute Gasteiger partial charge is 0.339 e. The molecular weight excluding hydrogens is 426 g/mol. The lowest BCUT2D eigenvalue weighted by Crippen LogP contribution is -2.53. The van der Waals surface area contributed by atoms with Gasteiger partial charge in [-0.15, -0.1) is 0 Å². The number of hydrogen-bond donors (Lipinski definition) is 0. The van der Waals surface area contributed by atoms with Gasteiger partial charge in [-0.3, -0.25) is 14.6 Å². The van der Waals surface area contributed by atoms with Gasteiger partial charge in [0.2, 0.25) is 5.91 Å². The highest BCUT2D eigenvalue weighted by molar-refractivity contribution is 7.91. The molecule has 3 heterocycles. The lowest BCUT2D eigenvalue weighted by molar-refractivity contribution is -0.134. The van der Waals surface area contributed by atoms with Crippen LogP contribution in [0.15, 0.2) is 30.3 Å². The van der Waals surface area contributed by atoms with E-state index < -0.39 is 9.84 Å². The molecule has 0 aliphatic carbocycles. The summed E-state index contributed by atoms with van der Waals surface area (Å²) in [6, 6.07) is 10.2. The fourth-order valence-electron chi connectivity index (χ4n) is 4.78. The van der Waals surface area contributed by atoms with Gasteiger partial charge in [-0.25, -0.2) is 13.1 Å². The maximum atomic E-state index is 12.9. The number of amides is 1. The molecule has 32 heavy (non-hydrogen) atoms. The van der Waals surface area contributed by atoms with Crippen molar-refractivity contribution < 1.29 is 13.2 Å². The Labute approximate surface area is 190 Å². The van der Waals surface area contributed by atoms with Gasteiger partial charge < -0.3 is 4.90 Å². The predicted molar refractivity (Wildman–Crippen MR) is 125 cm³/mol. The number of benzene rings is 1. The summed E-state index contributed by atoms with van der Waals surface area (Å²) in [7, 11) is -0.911. The van der Waals surface area contributed by atoms with E-state index in [0.717, 1.165) is 35.7 Å². The van der Waals surface area contributed by atoms with Gasteiger partial charge in [0, 0.05) is 50.0 Å². The average molecular weight is 460 g/mol. The first kappa shape index (κ1) is 22.9. The first-order chi connectivity index (χ1) is 15.2. The Morgan fingerprint density at radius 1 is 1.12 bits per heavy atom. The van der Waals surface area contributed by atoms with Crippen LogP contribution in [0.5, 0.6) is 0 Å². The minimum Gasteiger partial charge on any atom is -0.339 e. The first-order valence-electron chi connectivity index (χ1n) is 11.2. The van der Waals surface area contributed by atoms with Gasteiger partial charge in [0.25, 0.3) is 0 Å². The topological polar surface area (TPSA) is 78.8 Å². The SMILES string of the molecule is Cc1nn(-c2ccccc2)c(C)c1CN(C)CC(=O)N1CCN(C2CCS(=O)(=O)C2)CC1. The molecule has 2 fully saturated rings. The molecule has 9 heteroatoms. The number of likely N-dealkylation sites (N-methyl/N-ethyl adjacent to an activating group) is 1. The summed E-state index contributed by atoms with van der Waals surface area (Å²) in [5.74, 6) is 0.678. The lowest BCUT2D eigenvalue weighted by atomic mass is 10.1. The van der Waals surface area contributed by atoms with Crippen molar-refractivity contribution in [3.05, 3.63) is 47.3 Å². The quantitative estimate of drug-likeness (QED) is 0.647. The summed E-state index contributed by atoms with van der Waals surface area (Å²) in [5.41, 5.74) is 4.25. The van der Waals surface area contributed by atoms with Crippen molar-refractivity contribution in [1.82, 2.24) is 24.5 Å². The van der Waals surface area contributed by atoms with Gasteiger partial charge in [-0.1, -0.05) is 18.2 Å².